The van der Waals surface area contributed by atoms with Gasteiger partial charge >= 0.3 is 0 Å². The quantitative estimate of drug-likeness (QED) is 0.193. The maximum Gasteiger partial charge on any atom is 0.0998 e. The lowest BCUT2D eigenvalue weighted by Gasteiger charge is -2.16. The van der Waals surface area contributed by atoms with Crippen LogP contribution in [-0.2, 0) is 0 Å². The summed E-state index contributed by atoms with van der Waals surface area (Å²) in [6.07, 6.45) is 0. The van der Waals surface area contributed by atoms with Crippen LogP contribution in [-0.4, -0.2) is 9.13 Å². The highest BCUT2D eigenvalue weighted by Crippen LogP contribution is 2.39. The SMILES string of the molecule is N#Cc1ccc2c(c1)c1ccc(C#N)cc1n2-c1ccccc1-c1ccc(C#N)c(-c2ccc(-n3c4ccccc4c4ccccc43)cc2)c1. The fourth-order valence-electron chi connectivity index (χ4n) is 7.37. The minimum absolute atomic E-state index is 0.560. The van der Waals surface area contributed by atoms with E-state index >= 15 is 0 Å². The van der Waals surface area contributed by atoms with Crippen molar-refractivity contribution < 1.29 is 0 Å². The van der Waals surface area contributed by atoms with Crippen LogP contribution >= 0.6 is 0 Å². The first-order valence-corrected chi connectivity index (χ1v) is 16.3. The van der Waals surface area contributed by atoms with Crippen molar-refractivity contribution in [2.45, 2.75) is 0 Å². The number of nitriles is 3. The van der Waals surface area contributed by atoms with Gasteiger partial charge in [-0.05, 0) is 83.9 Å². The van der Waals surface area contributed by atoms with Crippen LogP contribution in [0, 0.1) is 34.0 Å². The molecule has 0 spiro atoms. The molecule has 2 aromatic heterocycles. The molecule has 0 aliphatic heterocycles. The second kappa shape index (κ2) is 11.4. The number of fused-ring (bicyclic) bond motifs is 6. The summed E-state index contributed by atoms with van der Waals surface area (Å²) >= 11 is 0. The topological polar surface area (TPSA) is 81.2 Å². The predicted molar refractivity (Wildman–Crippen MR) is 200 cm³/mol. The summed E-state index contributed by atoms with van der Waals surface area (Å²) < 4.78 is 4.45. The molecule has 0 saturated carbocycles. The Bertz CT molecular complexity index is 2900. The minimum atomic E-state index is 0.560. The van der Waals surface area contributed by atoms with Crippen molar-refractivity contribution in [1.82, 2.24) is 9.13 Å². The van der Waals surface area contributed by atoms with Gasteiger partial charge in [0.1, 0.15) is 0 Å². The molecular formula is C45H25N5. The largest absolute Gasteiger partial charge is 0.309 e. The number of rotatable bonds is 4. The zero-order valence-electron chi connectivity index (χ0n) is 26.7. The molecule has 0 fully saturated rings. The van der Waals surface area contributed by atoms with Crippen LogP contribution in [0.15, 0.2) is 152 Å². The number of para-hydroxylation sites is 3. The van der Waals surface area contributed by atoms with Crippen LogP contribution in [0.4, 0.5) is 0 Å². The third kappa shape index (κ3) is 4.38. The molecule has 0 aliphatic rings. The van der Waals surface area contributed by atoms with Crippen molar-refractivity contribution in [2.24, 2.45) is 0 Å². The molecule has 9 aromatic rings. The van der Waals surface area contributed by atoms with Crippen LogP contribution in [0.3, 0.4) is 0 Å². The van der Waals surface area contributed by atoms with Crippen LogP contribution in [0.25, 0.3) is 77.2 Å². The summed E-state index contributed by atoms with van der Waals surface area (Å²) in [4.78, 5) is 0. The Morgan fingerprint density at radius 2 is 0.980 bits per heavy atom. The van der Waals surface area contributed by atoms with E-state index in [0.717, 1.165) is 66.5 Å². The van der Waals surface area contributed by atoms with E-state index in [0.29, 0.717) is 16.7 Å². The molecule has 5 nitrogen and oxygen atoms in total. The molecule has 0 N–H and O–H groups in total. The van der Waals surface area contributed by atoms with Gasteiger partial charge in [0, 0.05) is 38.4 Å². The van der Waals surface area contributed by atoms with Crippen molar-refractivity contribution in [3.05, 3.63) is 168 Å². The molecule has 9 rings (SSSR count). The average Bonchev–Trinajstić information content (AvgIpc) is 3.69. The molecule has 0 saturated heterocycles. The lowest BCUT2D eigenvalue weighted by molar-refractivity contribution is 1.18. The fourth-order valence-corrected chi connectivity index (χ4v) is 7.37. The molecule has 0 unspecified atom stereocenters. The highest BCUT2D eigenvalue weighted by Gasteiger charge is 2.18. The summed E-state index contributed by atoms with van der Waals surface area (Å²) in [6, 6.07) is 57.8. The van der Waals surface area contributed by atoms with E-state index in [9.17, 15) is 15.8 Å². The molecular weight excluding hydrogens is 611 g/mol. The summed E-state index contributed by atoms with van der Waals surface area (Å²) in [5.41, 5.74) is 11.6. The maximum atomic E-state index is 10.2. The van der Waals surface area contributed by atoms with Crippen LogP contribution in [0.5, 0.6) is 0 Å². The molecule has 0 aliphatic carbocycles. The number of hydrogen-bond acceptors (Lipinski definition) is 3. The van der Waals surface area contributed by atoms with E-state index in [4.69, 9.17) is 0 Å². The van der Waals surface area contributed by atoms with Gasteiger partial charge in [0.15, 0.2) is 0 Å². The highest BCUT2D eigenvalue weighted by atomic mass is 15.0. The molecule has 7 aromatic carbocycles. The van der Waals surface area contributed by atoms with Crippen molar-refractivity contribution in [3.8, 4) is 51.8 Å². The van der Waals surface area contributed by atoms with Gasteiger partial charge in [0.2, 0.25) is 0 Å². The summed E-state index contributed by atoms with van der Waals surface area (Å²) in [5.74, 6) is 0. The number of nitrogens with zero attached hydrogens (tertiary/aromatic N) is 5. The Hall–Kier alpha value is -7.39. The summed E-state index contributed by atoms with van der Waals surface area (Å²) in [5, 5.41) is 34.0. The number of hydrogen-bond donors (Lipinski definition) is 0. The second-order valence-corrected chi connectivity index (χ2v) is 12.3. The van der Waals surface area contributed by atoms with Crippen molar-refractivity contribution in [3.63, 3.8) is 0 Å². The lowest BCUT2D eigenvalue weighted by Crippen LogP contribution is -1.98. The van der Waals surface area contributed by atoms with Crippen LogP contribution < -0.4 is 0 Å². The van der Waals surface area contributed by atoms with Crippen molar-refractivity contribution >= 4 is 43.6 Å². The smallest absolute Gasteiger partial charge is 0.0998 e. The lowest BCUT2D eigenvalue weighted by atomic mass is 9.94. The van der Waals surface area contributed by atoms with E-state index in [2.05, 4.69) is 118 Å². The van der Waals surface area contributed by atoms with Crippen LogP contribution in [0.1, 0.15) is 16.7 Å². The Morgan fingerprint density at radius 3 is 1.70 bits per heavy atom. The molecule has 2 heterocycles. The zero-order chi connectivity index (χ0) is 33.8. The highest BCUT2D eigenvalue weighted by molar-refractivity contribution is 6.11. The van der Waals surface area contributed by atoms with Gasteiger partial charge in [0.25, 0.3) is 0 Å². The molecule has 0 amide bonds. The normalized spacial score (nSPS) is 11.1. The first-order chi connectivity index (χ1) is 24.7. The van der Waals surface area contributed by atoms with Gasteiger partial charge in [-0.3, -0.25) is 0 Å². The first-order valence-electron chi connectivity index (χ1n) is 16.3. The van der Waals surface area contributed by atoms with E-state index in [-0.39, 0.29) is 0 Å². The van der Waals surface area contributed by atoms with Gasteiger partial charge in [-0.25, -0.2) is 0 Å². The zero-order valence-corrected chi connectivity index (χ0v) is 26.7. The number of aromatic nitrogens is 2. The molecule has 0 bridgehead atoms. The maximum absolute atomic E-state index is 10.2. The Balaban J connectivity index is 1.20. The van der Waals surface area contributed by atoms with Gasteiger partial charge in [-0.1, -0.05) is 78.9 Å². The van der Waals surface area contributed by atoms with E-state index in [1.807, 2.05) is 60.7 Å². The second-order valence-electron chi connectivity index (χ2n) is 12.3. The number of benzene rings is 7. The average molecular weight is 636 g/mol. The van der Waals surface area contributed by atoms with Gasteiger partial charge in [-0.15, -0.1) is 0 Å². The molecule has 0 radical (unpaired) electrons. The molecule has 0 atom stereocenters. The van der Waals surface area contributed by atoms with Gasteiger partial charge < -0.3 is 9.13 Å². The predicted octanol–water partition coefficient (Wildman–Crippen LogP) is 10.8. The summed E-state index contributed by atoms with van der Waals surface area (Å²) in [7, 11) is 0. The Morgan fingerprint density at radius 1 is 0.380 bits per heavy atom. The van der Waals surface area contributed by atoms with E-state index in [1.54, 1.807) is 0 Å². The third-order valence-corrected chi connectivity index (χ3v) is 9.64. The van der Waals surface area contributed by atoms with Crippen molar-refractivity contribution in [1.29, 1.82) is 15.8 Å². The minimum Gasteiger partial charge on any atom is -0.309 e. The monoisotopic (exact) mass is 635 g/mol. The van der Waals surface area contributed by atoms with E-state index in [1.165, 1.54) is 10.8 Å². The van der Waals surface area contributed by atoms with Crippen molar-refractivity contribution in [2.75, 3.05) is 0 Å². The molecule has 5 heteroatoms. The van der Waals surface area contributed by atoms with Crippen LogP contribution in [0.2, 0.25) is 0 Å². The van der Waals surface area contributed by atoms with Gasteiger partial charge in [-0.2, -0.15) is 15.8 Å². The molecule has 50 heavy (non-hydrogen) atoms. The Labute approximate surface area is 287 Å². The fraction of sp³-hybridized carbons (Fsp3) is 0. The third-order valence-electron chi connectivity index (χ3n) is 9.64. The van der Waals surface area contributed by atoms with Gasteiger partial charge in [0.05, 0.1) is 62.7 Å². The first kappa shape index (κ1) is 28.8. The Kier molecular flexibility index (Phi) is 6.56. The summed E-state index contributed by atoms with van der Waals surface area (Å²) in [6.45, 7) is 0. The standard InChI is InChI=1S/C45H25N5/c46-26-29-14-22-44-40(23-29)38-21-13-30(27-47)24-45(38)50(44)41-10-4-1-7-35(41)32-15-16-33(28-48)39(25-32)31-17-19-34(20-18-31)49-42-11-5-2-8-36(42)37-9-3-6-12-43(37)49/h1-25H. The van der Waals surface area contributed by atoms with E-state index < -0.39 is 0 Å². The molecule has 230 valence electrons.